The SMILES string of the molecule is Cc1ncc([C@H](CCC(=O)CCCCc2nc3c(cc2C2CC2)CCCN3)C(=O)O)cn1. The number of fused-ring (bicyclic) bond motifs is 1. The second kappa shape index (κ2) is 10.2. The number of Topliss-reactive ketones (excluding diaryl/α,β-unsaturated/α-hetero) is 1. The summed E-state index contributed by atoms with van der Waals surface area (Å²) in [7, 11) is 0. The molecule has 1 fully saturated rings. The fourth-order valence-corrected chi connectivity index (χ4v) is 4.45. The van der Waals surface area contributed by atoms with E-state index in [-0.39, 0.29) is 18.6 Å². The third-order valence-electron chi connectivity index (χ3n) is 6.48. The van der Waals surface area contributed by atoms with Crippen LogP contribution >= 0.6 is 0 Å². The first-order valence-electron chi connectivity index (χ1n) is 11.8. The Labute approximate surface area is 189 Å². The van der Waals surface area contributed by atoms with Crippen molar-refractivity contribution in [3.8, 4) is 0 Å². The second-order valence-electron chi connectivity index (χ2n) is 9.08. The van der Waals surface area contributed by atoms with E-state index in [1.807, 2.05) is 0 Å². The Morgan fingerprint density at radius 1 is 1.19 bits per heavy atom. The van der Waals surface area contributed by atoms with E-state index in [4.69, 9.17) is 4.98 Å². The monoisotopic (exact) mass is 436 g/mol. The fourth-order valence-electron chi connectivity index (χ4n) is 4.45. The quantitative estimate of drug-likeness (QED) is 0.505. The normalized spacial score (nSPS) is 16.2. The van der Waals surface area contributed by atoms with E-state index in [9.17, 15) is 14.7 Å². The predicted molar refractivity (Wildman–Crippen MR) is 122 cm³/mol. The molecule has 1 aliphatic carbocycles. The van der Waals surface area contributed by atoms with Gasteiger partial charge in [0.15, 0.2) is 0 Å². The van der Waals surface area contributed by atoms with Crippen LogP contribution in [0.3, 0.4) is 0 Å². The highest BCUT2D eigenvalue weighted by Gasteiger charge is 2.28. The smallest absolute Gasteiger partial charge is 0.311 e. The minimum Gasteiger partial charge on any atom is -0.481 e. The number of aryl methyl sites for hydroxylation is 3. The average Bonchev–Trinajstić information content (AvgIpc) is 3.62. The number of carbonyl (C=O) groups excluding carboxylic acids is 1. The maximum atomic E-state index is 12.4. The number of nitrogens with zero attached hydrogens (tertiary/aromatic N) is 3. The Balaban J connectivity index is 1.25. The summed E-state index contributed by atoms with van der Waals surface area (Å²) in [5.41, 5.74) is 4.52. The van der Waals surface area contributed by atoms with Crippen molar-refractivity contribution in [3.63, 3.8) is 0 Å². The van der Waals surface area contributed by atoms with Gasteiger partial charge in [0, 0.05) is 43.0 Å². The molecule has 2 aliphatic rings. The molecule has 2 N–H and O–H groups in total. The van der Waals surface area contributed by atoms with Gasteiger partial charge in [0.2, 0.25) is 0 Å². The van der Waals surface area contributed by atoms with Gasteiger partial charge in [-0.1, -0.05) is 6.07 Å². The van der Waals surface area contributed by atoms with E-state index in [0.29, 0.717) is 23.7 Å². The molecule has 0 bridgehead atoms. The van der Waals surface area contributed by atoms with Crippen LogP contribution in [0.15, 0.2) is 18.5 Å². The number of nitrogens with one attached hydrogen (secondary N) is 1. The third kappa shape index (κ3) is 5.69. The molecule has 2 aromatic heterocycles. The fraction of sp³-hybridized carbons (Fsp3) is 0.560. The van der Waals surface area contributed by atoms with Crippen LogP contribution in [-0.4, -0.2) is 38.4 Å². The molecule has 7 nitrogen and oxygen atoms in total. The molecule has 3 heterocycles. The van der Waals surface area contributed by atoms with Crippen molar-refractivity contribution in [2.45, 2.75) is 83.0 Å². The van der Waals surface area contributed by atoms with Crippen LogP contribution in [0.25, 0.3) is 0 Å². The minimum atomic E-state index is -0.940. The van der Waals surface area contributed by atoms with E-state index < -0.39 is 11.9 Å². The topological polar surface area (TPSA) is 105 Å². The van der Waals surface area contributed by atoms with Crippen LogP contribution in [0.1, 0.15) is 91.4 Å². The first-order valence-corrected chi connectivity index (χ1v) is 11.8. The highest BCUT2D eigenvalue weighted by molar-refractivity contribution is 5.80. The van der Waals surface area contributed by atoms with E-state index >= 15 is 0 Å². The molecule has 0 radical (unpaired) electrons. The number of carboxylic acid groups (broad SMARTS) is 1. The molecule has 0 unspecified atom stereocenters. The zero-order valence-corrected chi connectivity index (χ0v) is 18.8. The van der Waals surface area contributed by atoms with Gasteiger partial charge in [0.05, 0.1) is 5.92 Å². The summed E-state index contributed by atoms with van der Waals surface area (Å²) in [5.74, 6) is 0.754. The van der Waals surface area contributed by atoms with Crippen molar-refractivity contribution in [2.75, 3.05) is 11.9 Å². The zero-order chi connectivity index (χ0) is 22.5. The van der Waals surface area contributed by atoms with E-state index in [1.165, 1.54) is 36.1 Å². The van der Waals surface area contributed by atoms with Gasteiger partial charge in [-0.2, -0.15) is 0 Å². The summed E-state index contributed by atoms with van der Waals surface area (Å²) in [6, 6.07) is 2.37. The van der Waals surface area contributed by atoms with Crippen LogP contribution in [0.2, 0.25) is 0 Å². The highest BCUT2D eigenvalue weighted by atomic mass is 16.4. The summed E-state index contributed by atoms with van der Waals surface area (Å²) in [5, 5.41) is 13.0. The molecule has 1 atom stereocenters. The number of carboxylic acids is 1. The molecule has 0 spiro atoms. The standard InChI is InChI=1S/C25H32N4O3/c1-16-27-14-19(15-28-16)21(25(31)32)11-10-20(30)6-2-3-7-23-22(17-8-9-17)13-18-5-4-12-26-24(18)29-23/h13-15,17,21H,2-12H2,1H3,(H,26,29)(H,31,32)/t21-/m0/s1. The number of ketones is 1. The number of aliphatic carboxylic acids is 1. The van der Waals surface area contributed by atoms with Crippen LogP contribution in [0.5, 0.6) is 0 Å². The lowest BCUT2D eigenvalue weighted by Crippen LogP contribution is -2.15. The Bertz CT molecular complexity index is 970. The number of carbonyl (C=O) groups is 2. The summed E-state index contributed by atoms with van der Waals surface area (Å²) in [6.07, 6.45) is 11.5. The first kappa shape index (κ1) is 22.4. The molecule has 0 amide bonds. The van der Waals surface area contributed by atoms with Gasteiger partial charge < -0.3 is 10.4 Å². The van der Waals surface area contributed by atoms with Gasteiger partial charge in [-0.15, -0.1) is 0 Å². The molecule has 0 aromatic carbocycles. The van der Waals surface area contributed by atoms with Crippen LogP contribution in [-0.2, 0) is 22.4 Å². The van der Waals surface area contributed by atoms with Crippen molar-refractivity contribution >= 4 is 17.6 Å². The van der Waals surface area contributed by atoms with Gasteiger partial charge >= 0.3 is 5.97 Å². The van der Waals surface area contributed by atoms with Crippen molar-refractivity contribution < 1.29 is 14.7 Å². The van der Waals surface area contributed by atoms with Crippen LogP contribution in [0, 0.1) is 6.92 Å². The maximum absolute atomic E-state index is 12.4. The molecule has 32 heavy (non-hydrogen) atoms. The number of aromatic nitrogens is 3. The van der Waals surface area contributed by atoms with Crippen LogP contribution < -0.4 is 5.32 Å². The summed E-state index contributed by atoms with van der Waals surface area (Å²) < 4.78 is 0. The van der Waals surface area contributed by atoms with Gasteiger partial charge in [-0.3, -0.25) is 9.59 Å². The third-order valence-corrected chi connectivity index (χ3v) is 6.48. The summed E-state index contributed by atoms with van der Waals surface area (Å²) >= 11 is 0. The molecule has 4 rings (SSSR count). The lowest BCUT2D eigenvalue weighted by molar-refractivity contribution is -0.139. The Morgan fingerprint density at radius 2 is 1.97 bits per heavy atom. The Hall–Kier alpha value is -2.83. The first-order chi connectivity index (χ1) is 15.5. The molecule has 170 valence electrons. The predicted octanol–water partition coefficient (Wildman–Crippen LogP) is 4.35. The van der Waals surface area contributed by atoms with Crippen molar-refractivity contribution in [1.29, 1.82) is 0 Å². The number of pyridine rings is 1. The van der Waals surface area contributed by atoms with Gasteiger partial charge in [-0.25, -0.2) is 15.0 Å². The molecule has 0 saturated heterocycles. The molecule has 7 heteroatoms. The minimum absolute atomic E-state index is 0.117. The number of unbranched alkanes of at least 4 members (excludes halogenated alkanes) is 1. The van der Waals surface area contributed by atoms with E-state index in [1.54, 1.807) is 19.3 Å². The molecular weight excluding hydrogens is 404 g/mol. The lowest BCUT2D eigenvalue weighted by atomic mass is 9.94. The highest BCUT2D eigenvalue weighted by Crippen LogP contribution is 2.43. The number of hydrogen-bond donors (Lipinski definition) is 2. The number of anilines is 1. The summed E-state index contributed by atoms with van der Waals surface area (Å²) in [6.45, 7) is 2.75. The summed E-state index contributed by atoms with van der Waals surface area (Å²) in [4.78, 5) is 37.1. The van der Waals surface area contributed by atoms with Gasteiger partial charge in [-0.05, 0) is 75.3 Å². The molecular formula is C25H32N4O3. The Morgan fingerprint density at radius 3 is 2.69 bits per heavy atom. The second-order valence-corrected chi connectivity index (χ2v) is 9.08. The van der Waals surface area contributed by atoms with Gasteiger partial charge in [0.25, 0.3) is 0 Å². The largest absolute Gasteiger partial charge is 0.481 e. The van der Waals surface area contributed by atoms with Crippen molar-refractivity contribution in [1.82, 2.24) is 15.0 Å². The molecule has 1 aliphatic heterocycles. The number of hydrogen-bond acceptors (Lipinski definition) is 6. The Kier molecular flexibility index (Phi) is 7.12. The molecule has 2 aromatic rings. The maximum Gasteiger partial charge on any atom is 0.311 e. The van der Waals surface area contributed by atoms with E-state index in [2.05, 4.69) is 21.4 Å². The molecule has 1 saturated carbocycles. The van der Waals surface area contributed by atoms with Crippen molar-refractivity contribution in [2.24, 2.45) is 0 Å². The lowest BCUT2D eigenvalue weighted by Gasteiger charge is -2.20. The van der Waals surface area contributed by atoms with E-state index in [0.717, 1.165) is 38.0 Å². The number of rotatable bonds is 11. The van der Waals surface area contributed by atoms with Crippen LogP contribution in [0.4, 0.5) is 5.82 Å². The average molecular weight is 437 g/mol. The zero-order valence-electron chi connectivity index (χ0n) is 18.8. The van der Waals surface area contributed by atoms with Crippen molar-refractivity contribution in [3.05, 3.63) is 46.7 Å². The van der Waals surface area contributed by atoms with Gasteiger partial charge in [0.1, 0.15) is 17.4 Å².